The van der Waals surface area contributed by atoms with Crippen molar-refractivity contribution in [1.82, 2.24) is 30.1 Å². The van der Waals surface area contributed by atoms with Gasteiger partial charge in [0, 0.05) is 52.3 Å². The van der Waals surface area contributed by atoms with Crippen LogP contribution in [0.5, 0.6) is 0 Å². The van der Waals surface area contributed by atoms with Crippen LogP contribution in [0, 0.1) is 6.92 Å². The molecule has 0 aliphatic rings. The molecule has 0 atom stereocenters. The van der Waals surface area contributed by atoms with E-state index in [0.29, 0.717) is 5.65 Å². The number of fused-ring (bicyclic) bond motifs is 2. The van der Waals surface area contributed by atoms with Gasteiger partial charge >= 0.3 is 0 Å². The highest BCUT2D eigenvalue weighted by molar-refractivity contribution is 5.99. The molecule has 0 aromatic carbocycles. The van der Waals surface area contributed by atoms with Gasteiger partial charge in [0.2, 0.25) is 0 Å². The molecule has 0 saturated heterocycles. The normalized spacial score (nSPS) is 11.5. The molecule has 2 N–H and O–H groups in total. The Morgan fingerprint density at radius 1 is 0.900 bits per heavy atom. The Balaban J connectivity index is 1.53. The van der Waals surface area contributed by atoms with E-state index in [1.54, 1.807) is 24.9 Å². The van der Waals surface area contributed by atoms with Crippen molar-refractivity contribution >= 4 is 22.1 Å². The minimum absolute atomic E-state index is 0.664. The molecule has 7 nitrogen and oxygen atoms in total. The van der Waals surface area contributed by atoms with Crippen LogP contribution in [0.3, 0.4) is 0 Å². The van der Waals surface area contributed by atoms with Crippen LogP contribution in [0.2, 0.25) is 0 Å². The van der Waals surface area contributed by atoms with Crippen LogP contribution in [-0.2, 0) is 0 Å². The third-order valence-corrected chi connectivity index (χ3v) is 5.39. The van der Waals surface area contributed by atoms with E-state index in [-0.39, 0.29) is 0 Å². The summed E-state index contributed by atoms with van der Waals surface area (Å²) in [5.74, 6) is 0. The minimum Gasteiger partial charge on any atom is -0.472 e. The van der Waals surface area contributed by atoms with Gasteiger partial charge in [0.05, 0.1) is 23.9 Å². The lowest BCUT2D eigenvalue weighted by atomic mass is 10.0. The molecule has 0 radical (unpaired) electrons. The monoisotopic (exact) mass is 392 g/mol. The largest absolute Gasteiger partial charge is 0.472 e. The van der Waals surface area contributed by atoms with E-state index in [0.717, 1.165) is 55.6 Å². The first-order valence-corrected chi connectivity index (χ1v) is 9.54. The van der Waals surface area contributed by atoms with Crippen LogP contribution in [0.1, 0.15) is 5.56 Å². The number of aryl methyl sites for hydroxylation is 1. The second-order valence-electron chi connectivity index (χ2n) is 7.20. The summed E-state index contributed by atoms with van der Waals surface area (Å²) in [5.41, 5.74) is 8.52. The van der Waals surface area contributed by atoms with Crippen molar-refractivity contribution in [2.75, 3.05) is 0 Å². The van der Waals surface area contributed by atoms with Gasteiger partial charge in [-0.25, -0.2) is 9.97 Å². The fourth-order valence-corrected chi connectivity index (χ4v) is 3.85. The molecule has 0 aliphatic heterocycles. The molecule has 6 aromatic heterocycles. The number of hydrogen-bond acceptors (Lipinski definition) is 5. The SMILES string of the molecule is Cc1ccncc1-c1cnc2n[nH]c(-c3cc4c(-c5ccoc5)ccnc4[nH]3)c2c1. The van der Waals surface area contributed by atoms with Gasteiger partial charge in [-0.15, -0.1) is 0 Å². The first kappa shape index (κ1) is 16.7. The van der Waals surface area contributed by atoms with Crippen LogP contribution in [-0.4, -0.2) is 30.1 Å². The highest BCUT2D eigenvalue weighted by Crippen LogP contribution is 2.34. The number of aromatic amines is 2. The van der Waals surface area contributed by atoms with Crippen molar-refractivity contribution in [2.45, 2.75) is 6.92 Å². The summed E-state index contributed by atoms with van der Waals surface area (Å²) in [7, 11) is 0. The summed E-state index contributed by atoms with van der Waals surface area (Å²) in [5, 5.41) is 9.48. The lowest BCUT2D eigenvalue weighted by Crippen LogP contribution is -1.87. The van der Waals surface area contributed by atoms with Crippen LogP contribution in [0.4, 0.5) is 0 Å². The maximum absolute atomic E-state index is 5.26. The van der Waals surface area contributed by atoms with Crippen LogP contribution < -0.4 is 0 Å². The van der Waals surface area contributed by atoms with E-state index in [9.17, 15) is 0 Å². The Morgan fingerprint density at radius 2 is 1.87 bits per heavy atom. The van der Waals surface area contributed by atoms with E-state index in [1.165, 1.54) is 0 Å². The van der Waals surface area contributed by atoms with Crippen molar-refractivity contribution in [3.05, 3.63) is 73.2 Å². The van der Waals surface area contributed by atoms with Crippen molar-refractivity contribution in [2.24, 2.45) is 0 Å². The predicted octanol–water partition coefficient (Wildman–Crippen LogP) is 5.13. The average molecular weight is 392 g/mol. The molecule has 0 unspecified atom stereocenters. The molecule has 30 heavy (non-hydrogen) atoms. The van der Waals surface area contributed by atoms with Crippen molar-refractivity contribution < 1.29 is 4.42 Å². The molecule has 6 heterocycles. The zero-order chi connectivity index (χ0) is 20.1. The number of nitrogens with zero attached hydrogens (tertiary/aromatic N) is 4. The smallest absolute Gasteiger partial charge is 0.181 e. The van der Waals surface area contributed by atoms with Gasteiger partial charge in [-0.05, 0) is 48.4 Å². The standard InChI is InChI=1S/C23H16N6O/c1-13-2-5-24-11-19(13)15-8-18-21(28-29-23(18)26-10-15)20-9-17-16(14-4-7-30-12-14)3-6-25-22(17)27-20/h2-12H,1H3,(H,25,27)(H,26,28,29). The molecule has 144 valence electrons. The van der Waals surface area contributed by atoms with Gasteiger partial charge < -0.3 is 9.40 Å². The molecular formula is C23H16N6O. The number of nitrogens with one attached hydrogen (secondary N) is 2. The minimum atomic E-state index is 0.664. The number of H-pyrrole nitrogens is 2. The highest BCUT2D eigenvalue weighted by atomic mass is 16.3. The lowest BCUT2D eigenvalue weighted by molar-refractivity contribution is 0.568. The number of pyridine rings is 3. The molecule has 0 spiro atoms. The predicted molar refractivity (Wildman–Crippen MR) is 115 cm³/mol. The summed E-state index contributed by atoms with van der Waals surface area (Å²) in [6, 6.07) is 10.1. The van der Waals surface area contributed by atoms with E-state index in [2.05, 4.69) is 49.2 Å². The van der Waals surface area contributed by atoms with Gasteiger partial charge in [-0.1, -0.05) is 0 Å². The molecule has 0 saturated carbocycles. The van der Waals surface area contributed by atoms with Crippen LogP contribution in [0.15, 0.2) is 72.1 Å². The first-order valence-electron chi connectivity index (χ1n) is 9.54. The summed E-state index contributed by atoms with van der Waals surface area (Å²) < 4.78 is 5.26. The summed E-state index contributed by atoms with van der Waals surface area (Å²) >= 11 is 0. The van der Waals surface area contributed by atoms with Crippen molar-refractivity contribution in [3.63, 3.8) is 0 Å². The van der Waals surface area contributed by atoms with Crippen molar-refractivity contribution in [3.8, 4) is 33.6 Å². The Morgan fingerprint density at radius 3 is 2.73 bits per heavy atom. The highest BCUT2D eigenvalue weighted by Gasteiger charge is 2.15. The quantitative estimate of drug-likeness (QED) is 0.435. The number of aromatic nitrogens is 6. The second kappa shape index (κ2) is 6.38. The Labute approximate surface area is 170 Å². The third-order valence-electron chi connectivity index (χ3n) is 5.39. The Kier molecular flexibility index (Phi) is 3.55. The van der Waals surface area contributed by atoms with Gasteiger partial charge in [-0.2, -0.15) is 5.10 Å². The Bertz CT molecular complexity index is 1510. The lowest BCUT2D eigenvalue weighted by Gasteiger charge is -2.04. The van der Waals surface area contributed by atoms with Crippen LogP contribution >= 0.6 is 0 Å². The molecule has 6 rings (SSSR count). The number of hydrogen-bond donors (Lipinski definition) is 2. The molecule has 0 bridgehead atoms. The molecular weight excluding hydrogens is 376 g/mol. The molecule has 0 fully saturated rings. The van der Waals surface area contributed by atoms with Crippen LogP contribution in [0.25, 0.3) is 55.7 Å². The van der Waals surface area contributed by atoms with E-state index >= 15 is 0 Å². The zero-order valence-electron chi connectivity index (χ0n) is 16.0. The summed E-state index contributed by atoms with van der Waals surface area (Å²) in [4.78, 5) is 16.7. The maximum Gasteiger partial charge on any atom is 0.181 e. The summed E-state index contributed by atoms with van der Waals surface area (Å²) in [6.45, 7) is 2.07. The fraction of sp³-hybridized carbons (Fsp3) is 0.0435. The fourth-order valence-electron chi connectivity index (χ4n) is 3.85. The first-order chi connectivity index (χ1) is 14.8. The molecule has 0 aliphatic carbocycles. The van der Waals surface area contributed by atoms with E-state index in [1.807, 2.05) is 30.6 Å². The van der Waals surface area contributed by atoms with Gasteiger partial charge in [0.1, 0.15) is 5.65 Å². The third kappa shape index (κ3) is 2.52. The summed E-state index contributed by atoms with van der Waals surface area (Å²) in [6.07, 6.45) is 10.7. The van der Waals surface area contributed by atoms with Crippen molar-refractivity contribution in [1.29, 1.82) is 0 Å². The topological polar surface area (TPSA) is 96.3 Å². The second-order valence-corrected chi connectivity index (χ2v) is 7.20. The van der Waals surface area contributed by atoms with Gasteiger partial charge in [0.15, 0.2) is 5.65 Å². The molecule has 7 heteroatoms. The van der Waals surface area contributed by atoms with Gasteiger partial charge in [0.25, 0.3) is 0 Å². The molecule has 0 amide bonds. The molecule has 6 aromatic rings. The van der Waals surface area contributed by atoms with Gasteiger partial charge in [-0.3, -0.25) is 10.1 Å². The zero-order valence-corrected chi connectivity index (χ0v) is 16.0. The van der Waals surface area contributed by atoms with E-state index in [4.69, 9.17) is 4.42 Å². The average Bonchev–Trinajstić information content (AvgIpc) is 3.51. The Hall–Kier alpha value is -4.26. The maximum atomic E-state index is 5.26. The number of rotatable bonds is 3. The number of furan rings is 1. The van der Waals surface area contributed by atoms with E-state index < -0.39 is 0 Å².